The fourth-order valence-electron chi connectivity index (χ4n) is 3.62. The molecule has 1 atom stereocenters. The maximum atomic E-state index is 6.10. The van der Waals surface area contributed by atoms with Crippen LogP contribution in [0.2, 0.25) is 4.34 Å². The number of hydrogen-bond acceptors (Lipinski definition) is 2. The van der Waals surface area contributed by atoms with E-state index in [9.17, 15) is 0 Å². The first-order chi connectivity index (χ1) is 9.22. The molecule has 0 saturated heterocycles. The molecule has 1 unspecified atom stereocenters. The van der Waals surface area contributed by atoms with Crippen molar-refractivity contribution in [2.75, 3.05) is 6.54 Å². The highest BCUT2D eigenvalue weighted by atomic mass is 35.5. The topological polar surface area (TPSA) is 12.0 Å². The van der Waals surface area contributed by atoms with Crippen LogP contribution in [0.25, 0.3) is 0 Å². The summed E-state index contributed by atoms with van der Waals surface area (Å²) in [5, 5.41) is 3.76. The number of aryl methyl sites for hydroxylation is 1. The van der Waals surface area contributed by atoms with Gasteiger partial charge in [-0.3, -0.25) is 0 Å². The van der Waals surface area contributed by atoms with Gasteiger partial charge < -0.3 is 5.32 Å². The van der Waals surface area contributed by atoms with Crippen molar-refractivity contribution in [3.8, 4) is 0 Å². The van der Waals surface area contributed by atoms with E-state index in [-0.39, 0.29) is 0 Å². The Balaban J connectivity index is 1.43. The maximum absolute atomic E-state index is 6.10. The summed E-state index contributed by atoms with van der Waals surface area (Å²) in [6, 6.07) is 2.75. The van der Waals surface area contributed by atoms with Crippen molar-refractivity contribution >= 4 is 22.9 Å². The van der Waals surface area contributed by atoms with Crippen LogP contribution in [0, 0.1) is 11.8 Å². The monoisotopic (exact) mass is 297 g/mol. The fourth-order valence-corrected chi connectivity index (χ4v) is 4.98. The zero-order valence-electron chi connectivity index (χ0n) is 11.8. The number of fused-ring (bicyclic) bond motifs is 1. The van der Waals surface area contributed by atoms with Crippen molar-refractivity contribution in [2.24, 2.45) is 11.8 Å². The lowest BCUT2D eigenvalue weighted by Crippen LogP contribution is -2.23. The molecule has 0 amide bonds. The van der Waals surface area contributed by atoms with Crippen LogP contribution in [-0.4, -0.2) is 6.54 Å². The van der Waals surface area contributed by atoms with Crippen LogP contribution in [0.5, 0.6) is 0 Å². The van der Waals surface area contributed by atoms with Crippen LogP contribution in [0.3, 0.4) is 0 Å². The van der Waals surface area contributed by atoms with Crippen LogP contribution in [0.4, 0.5) is 0 Å². The van der Waals surface area contributed by atoms with Gasteiger partial charge in [0, 0.05) is 10.9 Å². The second-order valence-corrected chi connectivity index (χ2v) is 8.16. The van der Waals surface area contributed by atoms with E-state index in [1.165, 1.54) is 61.9 Å². The molecule has 19 heavy (non-hydrogen) atoms. The molecular weight excluding hydrogens is 274 g/mol. The zero-order chi connectivity index (χ0) is 13.2. The Kier molecular flexibility index (Phi) is 4.51. The summed E-state index contributed by atoms with van der Waals surface area (Å²) < 4.78 is 0.956. The average Bonchev–Trinajstić information content (AvgIpc) is 2.92. The highest BCUT2D eigenvalue weighted by Crippen LogP contribution is 2.39. The van der Waals surface area contributed by atoms with Gasteiger partial charge in [-0.15, -0.1) is 11.3 Å². The molecule has 106 valence electrons. The molecule has 1 aromatic rings. The number of hydrogen-bond donors (Lipinski definition) is 1. The van der Waals surface area contributed by atoms with E-state index in [0.717, 1.165) is 16.2 Å². The number of rotatable bonds is 4. The van der Waals surface area contributed by atoms with Crippen molar-refractivity contribution in [3.63, 3.8) is 0 Å². The smallest absolute Gasteiger partial charge is 0.0934 e. The molecule has 3 rings (SSSR count). The first-order valence-corrected chi connectivity index (χ1v) is 8.93. The minimum Gasteiger partial charge on any atom is -0.310 e. The first-order valence-electron chi connectivity index (χ1n) is 7.74. The predicted octanol–water partition coefficient (Wildman–Crippen LogP) is 5.19. The minimum atomic E-state index is 0.571. The Hall–Kier alpha value is -0.0500. The van der Waals surface area contributed by atoms with Crippen LogP contribution < -0.4 is 5.32 Å². The molecule has 1 fully saturated rings. The Bertz CT molecular complexity index is 420. The van der Waals surface area contributed by atoms with Crippen LogP contribution in [0.1, 0.15) is 61.9 Å². The lowest BCUT2D eigenvalue weighted by molar-refractivity contribution is 0.272. The predicted molar refractivity (Wildman–Crippen MR) is 84.1 cm³/mol. The molecule has 2 aliphatic rings. The lowest BCUT2D eigenvalue weighted by atomic mass is 9.81. The van der Waals surface area contributed by atoms with Crippen molar-refractivity contribution in [2.45, 2.75) is 57.9 Å². The average molecular weight is 298 g/mol. The minimum absolute atomic E-state index is 0.571. The van der Waals surface area contributed by atoms with Gasteiger partial charge in [0.2, 0.25) is 0 Å². The van der Waals surface area contributed by atoms with E-state index in [1.54, 1.807) is 11.3 Å². The van der Waals surface area contributed by atoms with E-state index in [1.807, 2.05) is 0 Å². The Morgan fingerprint density at radius 1 is 1.26 bits per heavy atom. The molecule has 0 spiro atoms. The van der Waals surface area contributed by atoms with E-state index in [2.05, 4.69) is 18.3 Å². The summed E-state index contributed by atoms with van der Waals surface area (Å²) in [6.07, 6.45) is 9.62. The zero-order valence-corrected chi connectivity index (χ0v) is 13.3. The first kappa shape index (κ1) is 13.9. The highest BCUT2D eigenvalue weighted by Gasteiger charge is 2.25. The summed E-state index contributed by atoms with van der Waals surface area (Å²) >= 11 is 7.87. The number of thiophene rings is 1. The molecule has 3 heteroatoms. The molecule has 0 bridgehead atoms. The van der Waals surface area contributed by atoms with Crippen molar-refractivity contribution in [3.05, 3.63) is 20.8 Å². The molecule has 1 nitrogen and oxygen atoms in total. The van der Waals surface area contributed by atoms with Gasteiger partial charge in [0.05, 0.1) is 4.34 Å². The Labute approximate surface area is 125 Å². The lowest BCUT2D eigenvalue weighted by Gasteiger charge is -2.26. The summed E-state index contributed by atoms with van der Waals surface area (Å²) in [5.41, 5.74) is 1.48. The third-order valence-corrected chi connectivity index (χ3v) is 6.27. The molecule has 2 aliphatic carbocycles. The molecule has 1 aromatic heterocycles. The van der Waals surface area contributed by atoms with Crippen molar-refractivity contribution in [1.29, 1.82) is 0 Å². The summed E-state index contributed by atoms with van der Waals surface area (Å²) in [7, 11) is 0. The third kappa shape index (κ3) is 3.34. The van der Waals surface area contributed by atoms with Crippen LogP contribution in [0.15, 0.2) is 6.07 Å². The van der Waals surface area contributed by atoms with E-state index < -0.39 is 0 Å². The second-order valence-electron chi connectivity index (χ2n) is 6.39. The van der Waals surface area contributed by atoms with Crippen molar-refractivity contribution < 1.29 is 0 Å². The van der Waals surface area contributed by atoms with Crippen LogP contribution in [-0.2, 0) is 6.42 Å². The molecule has 1 heterocycles. The van der Waals surface area contributed by atoms with Crippen LogP contribution >= 0.6 is 22.9 Å². The van der Waals surface area contributed by atoms with Gasteiger partial charge >= 0.3 is 0 Å². The van der Waals surface area contributed by atoms with Gasteiger partial charge in [0.15, 0.2) is 0 Å². The van der Waals surface area contributed by atoms with Gasteiger partial charge in [0.1, 0.15) is 0 Å². The highest BCUT2D eigenvalue weighted by molar-refractivity contribution is 7.16. The van der Waals surface area contributed by atoms with E-state index in [4.69, 9.17) is 11.6 Å². The molecule has 0 radical (unpaired) electrons. The molecular formula is C16H24ClNS. The Morgan fingerprint density at radius 3 is 2.84 bits per heavy atom. The van der Waals surface area contributed by atoms with Gasteiger partial charge in [-0.25, -0.2) is 0 Å². The Morgan fingerprint density at radius 2 is 2.05 bits per heavy atom. The number of halogens is 1. The summed E-state index contributed by atoms with van der Waals surface area (Å²) in [6.45, 7) is 3.57. The third-order valence-electron chi connectivity index (χ3n) is 4.93. The quantitative estimate of drug-likeness (QED) is 0.806. The SMILES string of the molecule is CC1CCC(CCNC2CCc3sc(Cl)cc32)CC1. The van der Waals surface area contributed by atoms with Gasteiger partial charge in [-0.1, -0.05) is 44.2 Å². The normalized spacial score (nSPS) is 30.5. The van der Waals surface area contributed by atoms with E-state index in [0.29, 0.717) is 6.04 Å². The molecule has 0 aromatic carbocycles. The summed E-state index contributed by atoms with van der Waals surface area (Å²) in [5.74, 6) is 1.94. The van der Waals surface area contributed by atoms with E-state index >= 15 is 0 Å². The standard InChI is InChI=1S/C16H24ClNS/c1-11-2-4-12(5-3-11)8-9-18-14-6-7-15-13(14)10-16(17)19-15/h10-12,14,18H,2-9H2,1H3. The van der Waals surface area contributed by atoms with Gasteiger partial charge in [-0.2, -0.15) is 0 Å². The fraction of sp³-hybridized carbons (Fsp3) is 0.750. The maximum Gasteiger partial charge on any atom is 0.0934 e. The van der Waals surface area contributed by atoms with Crippen molar-refractivity contribution in [1.82, 2.24) is 5.32 Å². The molecule has 0 aliphatic heterocycles. The largest absolute Gasteiger partial charge is 0.310 e. The molecule has 1 saturated carbocycles. The van der Waals surface area contributed by atoms with Gasteiger partial charge in [0.25, 0.3) is 0 Å². The number of nitrogens with one attached hydrogen (secondary N) is 1. The second kappa shape index (κ2) is 6.15. The van der Waals surface area contributed by atoms with Gasteiger partial charge in [-0.05, 0) is 49.3 Å². The molecule has 1 N–H and O–H groups in total. The summed E-state index contributed by atoms with van der Waals surface area (Å²) in [4.78, 5) is 1.51.